The van der Waals surface area contributed by atoms with Crippen molar-refractivity contribution in [3.63, 3.8) is 0 Å². The van der Waals surface area contributed by atoms with E-state index in [1.807, 2.05) is 0 Å². The third kappa shape index (κ3) is 76.6. The Hall–Kier alpha value is -1.94. The van der Waals surface area contributed by atoms with Gasteiger partial charge < -0.3 is 33.8 Å². The number of aliphatic hydroxyl groups excluding tert-OH is 1. The highest BCUT2D eigenvalue weighted by atomic mass is 31.2. The van der Waals surface area contributed by atoms with Crippen molar-refractivity contribution < 1.29 is 80.2 Å². The Balaban J connectivity index is 5.11. The van der Waals surface area contributed by atoms with E-state index in [4.69, 9.17) is 37.0 Å². The van der Waals surface area contributed by atoms with E-state index >= 15 is 0 Å². The van der Waals surface area contributed by atoms with Crippen molar-refractivity contribution >= 4 is 39.5 Å². The molecule has 0 spiro atoms. The molecule has 3 N–H and O–H groups in total. The molecule has 3 unspecified atom stereocenters. The third-order valence-electron chi connectivity index (χ3n) is 20.0. The van der Waals surface area contributed by atoms with Crippen LogP contribution in [-0.4, -0.2) is 96.7 Å². The van der Waals surface area contributed by atoms with Crippen LogP contribution in [-0.2, 0) is 65.4 Å². The minimum Gasteiger partial charge on any atom is -0.462 e. The van der Waals surface area contributed by atoms with Crippen molar-refractivity contribution in [3.8, 4) is 0 Å². The Kier molecular flexibility index (Phi) is 72.8. The van der Waals surface area contributed by atoms with Gasteiger partial charge in [-0.3, -0.25) is 37.3 Å². The van der Waals surface area contributed by atoms with Gasteiger partial charge in [0.25, 0.3) is 0 Å². The fourth-order valence-electron chi connectivity index (χ4n) is 13.0. The molecule has 0 aromatic rings. The van der Waals surface area contributed by atoms with Gasteiger partial charge in [-0.25, -0.2) is 9.13 Å². The first-order valence-corrected chi connectivity index (χ1v) is 46.4. The van der Waals surface area contributed by atoms with E-state index in [0.29, 0.717) is 25.7 Å². The molecule has 0 aliphatic carbocycles. The summed E-state index contributed by atoms with van der Waals surface area (Å²) < 4.78 is 68.5. The lowest BCUT2D eigenvalue weighted by Crippen LogP contribution is -2.30. The molecule has 0 heterocycles. The van der Waals surface area contributed by atoms with Gasteiger partial charge in [0.15, 0.2) is 12.2 Å². The molecule has 0 radical (unpaired) electrons. The Morgan fingerprint density at radius 2 is 0.495 bits per heavy atom. The number of ether oxygens (including phenoxy) is 4. The van der Waals surface area contributed by atoms with Gasteiger partial charge in [0.05, 0.1) is 26.4 Å². The van der Waals surface area contributed by atoms with Gasteiger partial charge in [-0.05, 0) is 43.4 Å². The highest BCUT2D eigenvalue weighted by molar-refractivity contribution is 7.47. The molecule has 612 valence electrons. The van der Waals surface area contributed by atoms with Crippen molar-refractivity contribution in [3.05, 3.63) is 0 Å². The first kappa shape index (κ1) is 101. The molecule has 0 rings (SSSR count). The average molecular weight is 1510 g/mol. The standard InChI is InChI=1S/C84H164O17P2/c1-8-10-11-48-58-65-81(86)94-71-79(100-83(88)67-61-54-47-41-35-29-28-31-37-43-50-56-63-76(5)6)73-98-102(90,91)96-69-78(85)70-97-103(92,93)99-74-80(72-95-82(87)66-59-52-45-39-33-26-22-18-14-12-16-20-24-30-36-42-49-55-62-75(3)4)101-84(89)68-60-53-46-40-34-27-23-19-15-13-17-21-25-32-38-44-51-57-64-77(7)9-2/h75-80,85H,8-74H2,1-7H3,(H,90,91)(H,92,93)/t77?,78-,79+,80+/m0/s1. The lowest BCUT2D eigenvalue weighted by molar-refractivity contribution is -0.161. The number of carbonyl (C=O) groups is 4. The molecule has 17 nitrogen and oxygen atoms in total. The van der Waals surface area contributed by atoms with Crippen LogP contribution >= 0.6 is 15.6 Å². The highest BCUT2D eigenvalue weighted by Crippen LogP contribution is 2.45. The van der Waals surface area contributed by atoms with Crippen LogP contribution in [0.15, 0.2) is 0 Å². The third-order valence-corrected chi connectivity index (χ3v) is 21.9. The molecule has 0 fully saturated rings. The van der Waals surface area contributed by atoms with Crippen LogP contribution in [0.2, 0.25) is 0 Å². The summed E-state index contributed by atoms with van der Waals surface area (Å²) >= 11 is 0. The van der Waals surface area contributed by atoms with Crippen LogP contribution in [0.3, 0.4) is 0 Å². The predicted molar refractivity (Wildman–Crippen MR) is 423 cm³/mol. The predicted octanol–water partition coefficient (Wildman–Crippen LogP) is 25.3. The summed E-state index contributed by atoms with van der Waals surface area (Å²) in [6.45, 7) is 12.0. The number of carbonyl (C=O) groups excluding carboxylic acids is 4. The van der Waals surface area contributed by atoms with Crippen LogP contribution in [0, 0.1) is 17.8 Å². The van der Waals surface area contributed by atoms with Crippen molar-refractivity contribution in [1.29, 1.82) is 0 Å². The summed E-state index contributed by atoms with van der Waals surface area (Å²) in [5.74, 6) is 0.352. The minimum atomic E-state index is -4.96. The van der Waals surface area contributed by atoms with Gasteiger partial charge in [-0.1, -0.05) is 389 Å². The molecule has 0 saturated carbocycles. The maximum absolute atomic E-state index is 13.1. The molecule has 0 amide bonds. The first-order chi connectivity index (χ1) is 49.8. The number of hydrogen-bond donors (Lipinski definition) is 3. The Morgan fingerprint density at radius 1 is 0.282 bits per heavy atom. The van der Waals surface area contributed by atoms with E-state index in [1.54, 1.807) is 0 Å². The quantitative estimate of drug-likeness (QED) is 0.0222. The van der Waals surface area contributed by atoms with Crippen molar-refractivity contribution in [2.75, 3.05) is 39.6 Å². The lowest BCUT2D eigenvalue weighted by Gasteiger charge is -2.21. The van der Waals surface area contributed by atoms with Crippen molar-refractivity contribution in [2.45, 2.75) is 458 Å². The average Bonchev–Trinajstić information content (AvgIpc) is 0.908. The van der Waals surface area contributed by atoms with Crippen molar-refractivity contribution in [2.24, 2.45) is 17.8 Å². The summed E-state index contributed by atoms with van der Waals surface area (Å²) in [6.07, 6.45) is 64.4. The second-order valence-electron chi connectivity index (χ2n) is 31.4. The highest BCUT2D eigenvalue weighted by Gasteiger charge is 2.30. The number of aliphatic hydroxyl groups is 1. The molecule has 0 saturated heterocycles. The molecule has 0 aromatic heterocycles. The van der Waals surface area contributed by atoms with E-state index in [0.717, 1.165) is 114 Å². The number of hydrogen-bond acceptors (Lipinski definition) is 15. The first-order valence-electron chi connectivity index (χ1n) is 43.4. The molecule has 103 heavy (non-hydrogen) atoms. The molecule has 0 bridgehead atoms. The second kappa shape index (κ2) is 74.2. The Morgan fingerprint density at radius 3 is 0.738 bits per heavy atom. The Labute approximate surface area is 632 Å². The van der Waals surface area contributed by atoms with Gasteiger partial charge in [0, 0.05) is 25.7 Å². The number of phosphoric acid groups is 2. The van der Waals surface area contributed by atoms with E-state index in [9.17, 15) is 43.2 Å². The smallest absolute Gasteiger partial charge is 0.462 e. The molecule has 6 atom stereocenters. The maximum Gasteiger partial charge on any atom is 0.472 e. The monoisotopic (exact) mass is 1510 g/mol. The van der Waals surface area contributed by atoms with Gasteiger partial charge in [-0.15, -0.1) is 0 Å². The maximum atomic E-state index is 13.1. The summed E-state index contributed by atoms with van der Waals surface area (Å²) in [5, 5.41) is 10.6. The number of esters is 4. The van der Waals surface area contributed by atoms with E-state index in [-0.39, 0.29) is 25.7 Å². The van der Waals surface area contributed by atoms with Gasteiger partial charge in [0.1, 0.15) is 19.3 Å². The van der Waals surface area contributed by atoms with E-state index in [1.165, 1.54) is 244 Å². The van der Waals surface area contributed by atoms with Crippen LogP contribution in [0.4, 0.5) is 0 Å². The Bertz CT molecular complexity index is 1990. The lowest BCUT2D eigenvalue weighted by atomic mass is 9.99. The zero-order valence-electron chi connectivity index (χ0n) is 67.8. The van der Waals surface area contributed by atoms with Crippen LogP contribution in [0.25, 0.3) is 0 Å². The number of phosphoric ester groups is 2. The molecule has 0 aliphatic heterocycles. The van der Waals surface area contributed by atoms with Crippen LogP contribution in [0.1, 0.15) is 440 Å². The summed E-state index contributed by atoms with van der Waals surface area (Å²) in [5.41, 5.74) is 0. The second-order valence-corrected chi connectivity index (χ2v) is 34.3. The minimum absolute atomic E-state index is 0.106. The fraction of sp³-hybridized carbons (Fsp3) is 0.952. The number of unbranched alkanes of at least 4 members (excludes halogenated alkanes) is 49. The molecule has 19 heteroatoms. The van der Waals surface area contributed by atoms with Gasteiger partial charge in [0.2, 0.25) is 0 Å². The SMILES string of the molecule is CCCCCCCC(=O)OC[C@H](COP(=O)(O)OC[C@H](O)COP(=O)(O)OC[C@@H](COC(=O)CCCCCCCCCCCCCCCCCCCCC(C)C)OC(=O)CCCCCCCCCCCCCCCCCCCCC(C)CC)OC(=O)CCCCCCCCCCCCCCC(C)C. The topological polar surface area (TPSA) is 237 Å². The molecule has 0 aliphatic rings. The largest absolute Gasteiger partial charge is 0.472 e. The zero-order valence-corrected chi connectivity index (χ0v) is 69.6. The summed E-state index contributed by atoms with van der Waals surface area (Å²) in [6, 6.07) is 0. The van der Waals surface area contributed by atoms with E-state index < -0.39 is 97.5 Å². The fourth-order valence-corrected chi connectivity index (χ4v) is 14.6. The molecular weight excluding hydrogens is 1340 g/mol. The van der Waals surface area contributed by atoms with Gasteiger partial charge in [-0.2, -0.15) is 0 Å². The van der Waals surface area contributed by atoms with E-state index in [2.05, 4.69) is 48.5 Å². The zero-order chi connectivity index (χ0) is 75.8. The van der Waals surface area contributed by atoms with Crippen LogP contribution < -0.4 is 0 Å². The normalized spacial score (nSPS) is 14.2. The van der Waals surface area contributed by atoms with Gasteiger partial charge >= 0.3 is 39.5 Å². The molecule has 0 aromatic carbocycles. The van der Waals surface area contributed by atoms with Crippen molar-refractivity contribution in [1.82, 2.24) is 0 Å². The van der Waals surface area contributed by atoms with Crippen LogP contribution in [0.5, 0.6) is 0 Å². The number of rotatable bonds is 82. The summed E-state index contributed by atoms with van der Waals surface area (Å²) in [4.78, 5) is 72.8. The summed E-state index contributed by atoms with van der Waals surface area (Å²) in [7, 11) is -9.91. The molecular formula is C84H164O17P2.